The lowest BCUT2D eigenvalue weighted by molar-refractivity contribution is -0.143. The fourth-order valence-corrected chi connectivity index (χ4v) is 1.84. The summed E-state index contributed by atoms with van der Waals surface area (Å²) in [7, 11) is 0. The molecule has 4 nitrogen and oxygen atoms in total. The number of rotatable bonds is 4. The van der Waals surface area contributed by atoms with Gasteiger partial charge in [-0.25, -0.2) is 8.78 Å². The fraction of sp³-hybridized carbons (Fsp3) is 0.667. The summed E-state index contributed by atoms with van der Waals surface area (Å²) in [6.45, 7) is 5.07. The van der Waals surface area contributed by atoms with Crippen LogP contribution in [0.15, 0.2) is 12.7 Å². The van der Waals surface area contributed by atoms with Gasteiger partial charge in [0.05, 0.1) is 0 Å². The molecule has 0 bridgehead atoms. The first-order chi connectivity index (χ1) is 8.36. The monoisotopic (exact) mass is 260 g/mol. The predicted molar refractivity (Wildman–Crippen MR) is 63.1 cm³/mol. The van der Waals surface area contributed by atoms with Gasteiger partial charge in [-0.3, -0.25) is 9.59 Å². The Balaban J connectivity index is 2.35. The maximum Gasteiger partial charge on any atom is 0.254 e. The zero-order valence-electron chi connectivity index (χ0n) is 10.4. The molecule has 18 heavy (non-hydrogen) atoms. The zero-order chi connectivity index (χ0) is 13.8. The van der Waals surface area contributed by atoms with Gasteiger partial charge in [0.1, 0.15) is 0 Å². The van der Waals surface area contributed by atoms with Crippen LogP contribution in [0.4, 0.5) is 8.78 Å². The van der Waals surface area contributed by atoms with Gasteiger partial charge in [-0.1, -0.05) is 13.5 Å². The molecule has 1 N–H and O–H groups in total. The maximum atomic E-state index is 13.2. The van der Waals surface area contributed by atoms with Crippen LogP contribution in [0.2, 0.25) is 0 Å². The van der Waals surface area contributed by atoms with Crippen molar-refractivity contribution in [3.05, 3.63) is 12.7 Å². The lowest BCUT2D eigenvalue weighted by Crippen LogP contribution is -2.48. The molecule has 0 aromatic heterocycles. The summed E-state index contributed by atoms with van der Waals surface area (Å²) in [6.07, 6.45) is 0.949. The number of alkyl halides is 2. The molecule has 6 heteroatoms. The molecular weight excluding hydrogens is 242 g/mol. The number of likely N-dealkylation sites (tertiary alicyclic amines) is 1. The number of piperidine rings is 1. The number of nitrogens with zero attached hydrogens (tertiary/aromatic N) is 1. The SMILES string of the molecule is C=CC(=O)NCCC(=O)N1CCC(F)(F)C(C)C1. The normalized spacial score (nSPS) is 22.4. The minimum absolute atomic E-state index is 0.0707. The molecule has 1 rings (SSSR count). The first kappa shape index (κ1) is 14.6. The second kappa shape index (κ2) is 5.93. The molecule has 0 radical (unpaired) electrons. The summed E-state index contributed by atoms with van der Waals surface area (Å²) in [4.78, 5) is 24.0. The molecule has 0 spiro atoms. The lowest BCUT2D eigenvalue weighted by atomic mass is 9.95. The highest BCUT2D eigenvalue weighted by Crippen LogP contribution is 2.32. The van der Waals surface area contributed by atoms with Crippen molar-refractivity contribution in [3.63, 3.8) is 0 Å². The molecule has 0 aromatic carbocycles. The summed E-state index contributed by atoms with van der Waals surface area (Å²) in [5, 5.41) is 2.48. The van der Waals surface area contributed by atoms with E-state index in [0.29, 0.717) is 0 Å². The van der Waals surface area contributed by atoms with Crippen molar-refractivity contribution in [1.82, 2.24) is 10.2 Å². The van der Waals surface area contributed by atoms with E-state index >= 15 is 0 Å². The van der Waals surface area contributed by atoms with Crippen LogP contribution in [0.25, 0.3) is 0 Å². The Labute approximate surface area is 105 Å². The van der Waals surface area contributed by atoms with E-state index in [1.54, 1.807) is 0 Å². The first-order valence-electron chi connectivity index (χ1n) is 5.92. The maximum absolute atomic E-state index is 13.2. The Morgan fingerprint density at radius 3 is 2.78 bits per heavy atom. The van der Waals surface area contributed by atoms with E-state index in [0.717, 1.165) is 6.08 Å². The lowest BCUT2D eigenvalue weighted by Gasteiger charge is -2.36. The largest absolute Gasteiger partial charge is 0.352 e. The van der Waals surface area contributed by atoms with Gasteiger partial charge >= 0.3 is 0 Å². The van der Waals surface area contributed by atoms with Gasteiger partial charge in [-0.2, -0.15) is 0 Å². The second-order valence-corrected chi connectivity index (χ2v) is 4.50. The third kappa shape index (κ3) is 3.78. The number of halogens is 2. The second-order valence-electron chi connectivity index (χ2n) is 4.50. The number of nitrogens with one attached hydrogen (secondary N) is 1. The average Bonchev–Trinajstić information content (AvgIpc) is 2.32. The van der Waals surface area contributed by atoms with E-state index in [9.17, 15) is 18.4 Å². The van der Waals surface area contributed by atoms with Gasteiger partial charge in [-0.15, -0.1) is 0 Å². The molecule has 1 heterocycles. The Kier molecular flexibility index (Phi) is 4.81. The number of carbonyl (C=O) groups is 2. The Bertz CT molecular complexity index is 345. The van der Waals surface area contributed by atoms with Gasteiger partial charge < -0.3 is 10.2 Å². The highest BCUT2D eigenvalue weighted by molar-refractivity contribution is 5.87. The molecule has 0 aromatic rings. The van der Waals surface area contributed by atoms with Crippen molar-refractivity contribution in [2.45, 2.75) is 25.7 Å². The molecule has 1 atom stereocenters. The molecule has 102 valence electrons. The highest BCUT2D eigenvalue weighted by Gasteiger charge is 2.42. The minimum atomic E-state index is -2.69. The summed E-state index contributed by atoms with van der Waals surface area (Å²) < 4.78 is 26.5. The molecule has 0 saturated carbocycles. The third-order valence-electron chi connectivity index (χ3n) is 3.11. The molecule has 1 aliphatic heterocycles. The first-order valence-corrected chi connectivity index (χ1v) is 5.92. The van der Waals surface area contributed by atoms with E-state index < -0.39 is 11.8 Å². The molecule has 0 aliphatic carbocycles. The molecule has 1 aliphatic rings. The van der Waals surface area contributed by atoms with Crippen LogP contribution in [0, 0.1) is 5.92 Å². The summed E-state index contributed by atoms with van der Waals surface area (Å²) in [6, 6.07) is 0. The number of hydrogen-bond acceptors (Lipinski definition) is 2. The summed E-state index contributed by atoms with van der Waals surface area (Å²) in [5.74, 6) is -4.06. The van der Waals surface area contributed by atoms with Crippen LogP contribution in [-0.4, -0.2) is 42.3 Å². The van der Waals surface area contributed by atoms with Crippen LogP contribution >= 0.6 is 0 Å². The summed E-state index contributed by atoms with van der Waals surface area (Å²) in [5.41, 5.74) is 0. The fourth-order valence-electron chi connectivity index (χ4n) is 1.84. The molecule has 1 unspecified atom stereocenters. The topological polar surface area (TPSA) is 49.4 Å². The van der Waals surface area contributed by atoms with Crippen LogP contribution in [0.3, 0.4) is 0 Å². The van der Waals surface area contributed by atoms with Crippen LogP contribution in [0.1, 0.15) is 19.8 Å². The van der Waals surface area contributed by atoms with Gasteiger partial charge in [0.2, 0.25) is 11.8 Å². The van der Waals surface area contributed by atoms with E-state index in [1.165, 1.54) is 11.8 Å². The highest BCUT2D eigenvalue weighted by atomic mass is 19.3. The van der Waals surface area contributed by atoms with Gasteiger partial charge in [-0.05, 0) is 6.08 Å². The Hall–Kier alpha value is -1.46. The average molecular weight is 260 g/mol. The Morgan fingerprint density at radius 2 is 2.22 bits per heavy atom. The molecule has 1 saturated heterocycles. The van der Waals surface area contributed by atoms with Crippen LogP contribution in [0.5, 0.6) is 0 Å². The van der Waals surface area contributed by atoms with Crippen molar-refractivity contribution >= 4 is 11.8 Å². The van der Waals surface area contributed by atoms with E-state index in [-0.39, 0.29) is 44.3 Å². The van der Waals surface area contributed by atoms with Gasteiger partial charge in [0.15, 0.2) is 0 Å². The summed E-state index contributed by atoms with van der Waals surface area (Å²) >= 11 is 0. The third-order valence-corrected chi connectivity index (χ3v) is 3.11. The number of carbonyl (C=O) groups excluding carboxylic acids is 2. The molecular formula is C12H18F2N2O2. The Morgan fingerprint density at radius 1 is 1.56 bits per heavy atom. The van der Waals surface area contributed by atoms with Crippen LogP contribution in [-0.2, 0) is 9.59 Å². The van der Waals surface area contributed by atoms with Gasteiger partial charge in [0.25, 0.3) is 5.92 Å². The zero-order valence-corrected chi connectivity index (χ0v) is 10.4. The van der Waals surface area contributed by atoms with Crippen molar-refractivity contribution in [2.75, 3.05) is 19.6 Å². The van der Waals surface area contributed by atoms with Crippen molar-refractivity contribution in [3.8, 4) is 0 Å². The quantitative estimate of drug-likeness (QED) is 0.772. The van der Waals surface area contributed by atoms with E-state index in [4.69, 9.17) is 0 Å². The van der Waals surface area contributed by atoms with Crippen molar-refractivity contribution < 1.29 is 18.4 Å². The minimum Gasteiger partial charge on any atom is -0.352 e. The molecule has 2 amide bonds. The van der Waals surface area contributed by atoms with Crippen molar-refractivity contribution in [1.29, 1.82) is 0 Å². The standard InChI is InChI=1S/C12H18F2N2O2/c1-3-10(17)15-6-4-11(18)16-7-5-12(13,14)9(2)8-16/h3,9H,1,4-8H2,2H3,(H,15,17). The van der Waals surface area contributed by atoms with E-state index in [2.05, 4.69) is 11.9 Å². The van der Waals surface area contributed by atoms with Crippen molar-refractivity contribution in [2.24, 2.45) is 5.92 Å². The smallest absolute Gasteiger partial charge is 0.254 e. The number of amides is 2. The number of hydrogen-bond donors (Lipinski definition) is 1. The van der Waals surface area contributed by atoms with E-state index in [1.807, 2.05) is 0 Å². The van der Waals surface area contributed by atoms with Gasteiger partial charge in [0, 0.05) is 38.4 Å². The molecule has 1 fully saturated rings. The van der Waals surface area contributed by atoms with Crippen LogP contribution < -0.4 is 5.32 Å². The predicted octanol–water partition coefficient (Wildman–Crippen LogP) is 1.18.